The monoisotopic (exact) mass is 296 g/mol. The first-order valence-electron chi connectivity index (χ1n) is 6.41. The lowest BCUT2D eigenvalue weighted by molar-refractivity contribution is -0.139. The quantitative estimate of drug-likeness (QED) is 0.919. The maximum Gasteiger partial charge on any atom is 0.419 e. The Bertz CT molecular complexity index is 591. The molecule has 1 unspecified atom stereocenters. The van der Waals surface area contributed by atoms with Crippen LogP contribution in [0.3, 0.4) is 0 Å². The van der Waals surface area contributed by atoms with Crippen molar-refractivity contribution in [3.05, 3.63) is 65.2 Å². The maximum absolute atomic E-state index is 12.8. The Morgan fingerprint density at radius 1 is 1.05 bits per heavy atom. The number of rotatable bonds is 4. The highest BCUT2D eigenvalue weighted by Gasteiger charge is 2.34. The third kappa shape index (κ3) is 3.98. The number of halogens is 3. The lowest BCUT2D eigenvalue weighted by atomic mass is 10.1. The minimum atomic E-state index is -4.48. The van der Waals surface area contributed by atoms with E-state index in [-0.39, 0.29) is 12.4 Å². The molecule has 0 aliphatic rings. The average Bonchev–Trinajstić information content (AvgIpc) is 2.45. The third-order valence-corrected chi connectivity index (χ3v) is 3.05. The summed E-state index contributed by atoms with van der Waals surface area (Å²) in [5.41, 5.74) is 0.792. The first-order valence-corrected chi connectivity index (χ1v) is 6.41. The Kier molecular flexibility index (Phi) is 4.53. The molecule has 0 saturated carbocycles. The van der Waals surface area contributed by atoms with E-state index in [2.05, 4.69) is 0 Å². The van der Waals surface area contributed by atoms with Crippen LogP contribution in [0.5, 0.6) is 5.75 Å². The van der Waals surface area contributed by atoms with Crippen LogP contribution in [0.4, 0.5) is 13.2 Å². The van der Waals surface area contributed by atoms with Crippen LogP contribution in [0.1, 0.15) is 22.8 Å². The molecule has 0 saturated heterocycles. The second-order valence-electron chi connectivity index (χ2n) is 4.73. The Balaban J connectivity index is 2.08. The van der Waals surface area contributed by atoms with Gasteiger partial charge in [0.25, 0.3) is 0 Å². The van der Waals surface area contributed by atoms with Crippen LogP contribution >= 0.6 is 0 Å². The van der Waals surface area contributed by atoms with Gasteiger partial charge >= 0.3 is 6.18 Å². The number of aryl methyl sites for hydroxylation is 1. The van der Waals surface area contributed by atoms with Crippen molar-refractivity contribution in [3.63, 3.8) is 0 Å². The number of benzene rings is 2. The van der Waals surface area contributed by atoms with Crippen molar-refractivity contribution in [2.45, 2.75) is 19.2 Å². The van der Waals surface area contributed by atoms with Crippen molar-refractivity contribution in [1.82, 2.24) is 0 Å². The van der Waals surface area contributed by atoms with Gasteiger partial charge in [0.05, 0.1) is 5.56 Å². The van der Waals surface area contributed by atoms with Crippen LogP contribution in [0.15, 0.2) is 48.5 Å². The lowest BCUT2D eigenvalue weighted by Gasteiger charge is -2.16. The van der Waals surface area contributed by atoms with Gasteiger partial charge in [-0.25, -0.2) is 0 Å². The molecule has 2 aromatic rings. The Morgan fingerprint density at radius 3 is 2.29 bits per heavy atom. The number of alkyl halides is 3. The molecular formula is C16H15F3O2. The Hall–Kier alpha value is -2.01. The van der Waals surface area contributed by atoms with E-state index in [1.165, 1.54) is 18.2 Å². The fourth-order valence-corrected chi connectivity index (χ4v) is 1.88. The SMILES string of the molecule is Cc1ccc(C(O)COc2ccccc2C(F)(F)F)cc1. The fraction of sp³-hybridized carbons (Fsp3) is 0.250. The molecule has 0 spiro atoms. The van der Waals surface area contributed by atoms with Crippen LogP contribution in [0, 0.1) is 6.92 Å². The molecule has 0 aliphatic carbocycles. The minimum absolute atomic E-state index is 0.240. The molecule has 2 rings (SSSR count). The molecule has 2 aromatic carbocycles. The normalized spacial score (nSPS) is 13.0. The highest BCUT2D eigenvalue weighted by atomic mass is 19.4. The van der Waals surface area contributed by atoms with E-state index in [0.717, 1.165) is 11.6 Å². The summed E-state index contributed by atoms with van der Waals surface area (Å²) in [6.07, 6.45) is -5.46. The van der Waals surface area contributed by atoms with Crippen molar-refractivity contribution in [2.24, 2.45) is 0 Å². The number of para-hydroxylation sites is 1. The molecule has 5 heteroatoms. The van der Waals surface area contributed by atoms with E-state index in [1.807, 2.05) is 19.1 Å². The minimum Gasteiger partial charge on any atom is -0.490 e. The summed E-state index contributed by atoms with van der Waals surface area (Å²) in [7, 11) is 0. The molecule has 0 radical (unpaired) electrons. The smallest absolute Gasteiger partial charge is 0.419 e. The zero-order valence-electron chi connectivity index (χ0n) is 11.4. The van der Waals surface area contributed by atoms with Gasteiger partial charge in [0.2, 0.25) is 0 Å². The molecule has 2 nitrogen and oxygen atoms in total. The highest BCUT2D eigenvalue weighted by molar-refractivity contribution is 5.35. The van der Waals surface area contributed by atoms with Crippen molar-refractivity contribution in [2.75, 3.05) is 6.61 Å². The molecule has 0 bridgehead atoms. The number of aliphatic hydroxyl groups excluding tert-OH is 1. The molecule has 1 atom stereocenters. The Labute approximate surface area is 120 Å². The highest BCUT2D eigenvalue weighted by Crippen LogP contribution is 2.36. The molecule has 0 aromatic heterocycles. The number of hydrogen-bond donors (Lipinski definition) is 1. The lowest BCUT2D eigenvalue weighted by Crippen LogP contribution is -2.13. The molecule has 0 amide bonds. The summed E-state index contributed by atoms with van der Waals surface area (Å²) in [6, 6.07) is 12.0. The van der Waals surface area contributed by atoms with Crippen molar-refractivity contribution in [3.8, 4) is 5.75 Å². The number of ether oxygens (including phenoxy) is 1. The summed E-state index contributed by atoms with van der Waals surface area (Å²) in [5.74, 6) is -0.281. The summed E-state index contributed by atoms with van der Waals surface area (Å²) in [4.78, 5) is 0. The first kappa shape index (κ1) is 15.4. The van der Waals surface area contributed by atoms with Crippen LogP contribution in [-0.2, 0) is 6.18 Å². The van der Waals surface area contributed by atoms with Gasteiger partial charge in [-0.05, 0) is 24.6 Å². The first-order chi connectivity index (χ1) is 9.88. The van der Waals surface area contributed by atoms with Gasteiger partial charge in [0.1, 0.15) is 18.5 Å². The van der Waals surface area contributed by atoms with Crippen molar-refractivity contribution < 1.29 is 23.0 Å². The third-order valence-electron chi connectivity index (χ3n) is 3.05. The average molecular weight is 296 g/mol. The fourth-order valence-electron chi connectivity index (χ4n) is 1.88. The van der Waals surface area contributed by atoms with E-state index in [4.69, 9.17) is 4.74 Å². The van der Waals surface area contributed by atoms with E-state index in [1.54, 1.807) is 12.1 Å². The second-order valence-corrected chi connectivity index (χ2v) is 4.73. The van der Waals surface area contributed by atoms with Crippen LogP contribution < -0.4 is 4.74 Å². The van der Waals surface area contributed by atoms with E-state index in [9.17, 15) is 18.3 Å². The molecular weight excluding hydrogens is 281 g/mol. The van der Waals surface area contributed by atoms with E-state index < -0.39 is 17.8 Å². The van der Waals surface area contributed by atoms with Crippen LogP contribution in [-0.4, -0.2) is 11.7 Å². The standard InChI is InChI=1S/C16H15F3O2/c1-11-6-8-12(9-7-11)14(20)10-21-15-5-3-2-4-13(15)16(17,18)19/h2-9,14,20H,10H2,1H3. The predicted molar refractivity (Wildman–Crippen MR) is 73.1 cm³/mol. The topological polar surface area (TPSA) is 29.5 Å². The summed E-state index contributed by atoms with van der Waals surface area (Å²) in [6.45, 7) is 1.67. The maximum atomic E-state index is 12.8. The number of aliphatic hydroxyl groups is 1. The molecule has 0 aliphatic heterocycles. The number of hydrogen-bond acceptors (Lipinski definition) is 2. The van der Waals surface area contributed by atoms with Crippen molar-refractivity contribution >= 4 is 0 Å². The van der Waals surface area contributed by atoms with Gasteiger partial charge in [0.15, 0.2) is 0 Å². The summed E-state index contributed by atoms with van der Waals surface area (Å²) >= 11 is 0. The zero-order valence-corrected chi connectivity index (χ0v) is 11.4. The predicted octanol–water partition coefficient (Wildman–Crippen LogP) is 4.13. The van der Waals surface area contributed by atoms with Crippen LogP contribution in [0.2, 0.25) is 0 Å². The van der Waals surface area contributed by atoms with Crippen LogP contribution in [0.25, 0.3) is 0 Å². The summed E-state index contributed by atoms with van der Waals surface area (Å²) < 4.78 is 43.5. The largest absolute Gasteiger partial charge is 0.490 e. The van der Waals surface area contributed by atoms with E-state index >= 15 is 0 Å². The van der Waals surface area contributed by atoms with E-state index in [0.29, 0.717) is 5.56 Å². The molecule has 21 heavy (non-hydrogen) atoms. The molecule has 0 fully saturated rings. The molecule has 112 valence electrons. The van der Waals surface area contributed by atoms with Crippen molar-refractivity contribution in [1.29, 1.82) is 0 Å². The Morgan fingerprint density at radius 2 is 1.67 bits per heavy atom. The summed E-state index contributed by atoms with van der Waals surface area (Å²) in [5, 5.41) is 9.96. The van der Waals surface area contributed by atoms with Gasteiger partial charge in [-0.1, -0.05) is 42.0 Å². The van der Waals surface area contributed by atoms with Gasteiger partial charge in [0, 0.05) is 0 Å². The van der Waals surface area contributed by atoms with Gasteiger partial charge in [-0.3, -0.25) is 0 Å². The molecule has 0 heterocycles. The van der Waals surface area contributed by atoms with Gasteiger partial charge < -0.3 is 9.84 Å². The zero-order chi connectivity index (χ0) is 15.5. The molecule has 1 N–H and O–H groups in total. The second kappa shape index (κ2) is 6.18. The van der Waals surface area contributed by atoms with Gasteiger partial charge in [-0.15, -0.1) is 0 Å². The van der Waals surface area contributed by atoms with Gasteiger partial charge in [-0.2, -0.15) is 13.2 Å².